The molecule has 0 radical (unpaired) electrons. The molecule has 0 amide bonds. The molecule has 0 fully saturated rings. The van der Waals surface area contributed by atoms with Gasteiger partial charge in [0.1, 0.15) is 11.6 Å². The van der Waals surface area contributed by atoms with E-state index in [0.29, 0.717) is 27.8 Å². The summed E-state index contributed by atoms with van der Waals surface area (Å²) < 4.78 is 26.1. The van der Waals surface area contributed by atoms with Gasteiger partial charge in [0.05, 0.1) is 34.8 Å². The molecule has 0 aliphatic carbocycles. The maximum Gasteiger partial charge on any atom is 0.271 e. The highest BCUT2D eigenvalue weighted by atomic mass is 35.5. The molecule has 4 rings (SSSR count). The van der Waals surface area contributed by atoms with Crippen molar-refractivity contribution >= 4 is 28.2 Å². The quantitative estimate of drug-likeness (QED) is 0.524. The molecule has 0 atom stereocenters. The van der Waals surface area contributed by atoms with Crippen molar-refractivity contribution < 1.29 is 18.8 Å². The number of halogens is 2. The minimum Gasteiger partial charge on any atom is -0.467 e. The van der Waals surface area contributed by atoms with Gasteiger partial charge in [-0.1, -0.05) is 11.6 Å². The highest BCUT2D eigenvalue weighted by Crippen LogP contribution is 2.33. The van der Waals surface area contributed by atoms with Gasteiger partial charge in [-0.15, -0.1) is 0 Å². The van der Waals surface area contributed by atoms with Crippen LogP contribution in [0, 0.1) is 15.9 Å². The Morgan fingerprint density at radius 3 is 3.00 bits per heavy atom. The summed E-state index contributed by atoms with van der Waals surface area (Å²) in [6.45, 7) is 0.576. The summed E-state index contributed by atoms with van der Waals surface area (Å²) in [7, 11) is 0. The summed E-state index contributed by atoms with van der Waals surface area (Å²) in [5.41, 5.74) is 1.65. The largest absolute Gasteiger partial charge is 0.467 e. The lowest BCUT2D eigenvalue weighted by Gasteiger charge is -2.21. The first-order valence-electron chi connectivity index (χ1n) is 7.34. The van der Waals surface area contributed by atoms with Crippen LogP contribution in [0.15, 0.2) is 30.5 Å². The van der Waals surface area contributed by atoms with Crippen LogP contribution in [0.25, 0.3) is 10.9 Å². The van der Waals surface area contributed by atoms with Crippen molar-refractivity contribution in [1.29, 1.82) is 0 Å². The van der Waals surface area contributed by atoms with E-state index in [1.54, 1.807) is 4.68 Å². The highest BCUT2D eigenvalue weighted by molar-refractivity contribution is 6.35. The Bertz CT molecular complexity index is 1000. The van der Waals surface area contributed by atoms with E-state index < -0.39 is 10.7 Å². The summed E-state index contributed by atoms with van der Waals surface area (Å²) in [5.74, 6) is 0.162. The standard InChI is InChI=1S/C16H11ClFN3O4/c17-14-4-13(21(22)23)3-9-5-19-20(15(9)14)6-10-1-12(18)2-11-7-24-8-25-16(10)11/h1-5H,6-8H2. The molecule has 128 valence electrons. The zero-order valence-corrected chi connectivity index (χ0v) is 13.5. The summed E-state index contributed by atoms with van der Waals surface area (Å²) in [6.07, 6.45) is 1.49. The summed E-state index contributed by atoms with van der Waals surface area (Å²) in [6, 6.07) is 5.41. The molecule has 9 heteroatoms. The third-order valence-corrected chi connectivity index (χ3v) is 4.24. The van der Waals surface area contributed by atoms with Crippen molar-refractivity contribution in [2.45, 2.75) is 13.2 Å². The zero-order valence-electron chi connectivity index (χ0n) is 12.7. The molecule has 2 heterocycles. The van der Waals surface area contributed by atoms with Crippen LogP contribution < -0.4 is 4.74 Å². The van der Waals surface area contributed by atoms with Gasteiger partial charge in [0.25, 0.3) is 5.69 Å². The first-order valence-corrected chi connectivity index (χ1v) is 7.72. The van der Waals surface area contributed by atoms with Crippen LogP contribution in [0.3, 0.4) is 0 Å². The Morgan fingerprint density at radius 1 is 1.36 bits per heavy atom. The predicted molar refractivity (Wildman–Crippen MR) is 87.2 cm³/mol. The van der Waals surface area contributed by atoms with Gasteiger partial charge in [-0.3, -0.25) is 14.8 Å². The number of non-ortho nitro benzene ring substituents is 1. The SMILES string of the molecule is O=[N+]([O-])c1cc(Cl)c2c(cnn2Cc2cc(F)cc3c2OCOC3)c1. The Kier molecular flexibility index (Phi) is 3.78. The first-order chi connectivity index (χ1) is 12.0. The summed E-state index contributed by atoms with van der Waals surface area (Å²) >= 11 is 6.20. The minimum atomic E-state index is -0.514. The topological polar surface area (TPSA) is 79.4 Å². The number of nitrogens with zero attached hydrogens (tertiary/aromatic N) is 3. The summed E-state index contributed by atoms with van der Waals surface area (Å²) in [5, 5.41) is 15.9. The maximum atomic E-state index is 13.9. The predicted octanol–water partition coefficient (Wildman–Crippen LogP) is 3.65. The first kappa shape index (κ1) is 15.8. The van der Waals surface area contributed by atoms with Crippen LogP contribution in [-0.4, -0.2) is 21.5 Å². The van der Waals surface area contributed by atoms with Crippen molar-refractivity contribution in [3.8, 4) is 5.75 Å². The van der Waals surface area contributed by atoms with Gasteiger partial charge in [0.15, 0.2) is 6.79 Å². The molecule has 7 nitrogen and oxygen atoms in total. The molecule has 0 spiro atoms. The maximum absolute atomic E-state index is 13.9. The van der Waals surface area contributed by atoms with E-state index in [2.05, 4.69) is 5.10 Å². The van der Waals surface area contributed by atoms with Crippen molar-refractivity contribution in [3.63, 3.8) is 0 Å². The molecule has 0 saturated heterocycles. The number of ether oxygens (including phenoxy) is 2. The van der Waals surface area contributed by atoms with Gasteiger partial charge >= 0.3 is 0 Å². The van der Waals surface area contributed by atoms with Crippen molar-refractivity contribution in [1.82, 2.24) is 9.78 Å². The molecular weight excluding hydrogens is 353 g/mol. The summed E-state index contributed by atoms with van der Waals surface area (Å²) in [4.78, 5) is 10.4. The van der Waals surface area contributed by atoms with Gasteiger partial charge in [0.2, 0.25) is 0 Å². The number of benzene rings is 2. The number of aromatic nitrogens is 2. The molecule has 1 aromatic heterocycles. The van der Waals surface area contributed by atoms with Crippen molar-refractivity contribution in [3.05, 3.63) is 62.5 Å². The molecular formula is C16H11ClFN3O4. The van der Waals surface area contributed by atoms with E-state index in [1.165, 1.54) is 30.5 Å². The fourth-order valence-corrected chi connectivity index (χ4v) is 3.25. The second-order valence-electron chi connectivity index (χ2n) is 5.59. The number of rotatable bonds is 3. The highest BCUT2D eigenvalue weighted by Gasteiger charge is 2.20. The van der Waals surface area contributed by atoms with Gasteiger partial charge in [-0.25, -0.2) is 4.39 Å². The van der Waals surface area contributed by atoms with Crippen molar-refractivity contribution in [2.75, 3.05) is 6.79 Å². The van der Waals surface area contributed by atoms with Gasteiger partial charge in [-0.05, 0) is 12.1 Å². The zero-order chi connectivity index (χ0) is 17.6. The van der Waals surface area contributed by atoms with Gasteiger partial charge in [0, 0.05) is 28.6 Å². The second kappa shape index (κ2) is 5.98. The van der Waals surface area contributed by atoms with E-state index in [4.69, 9.17) is 21.1 Å². The average Bonchev–Trinajstić information content (AvgIpc) is 2.98. The minimum absolute atomic E-state index is 0.0957. The second-order valence-corrected chi connectivity index (χ2v) is 6.00. The number of nitro benzene ring substituents is 1. The van der Waals surface area contributed by atoms with Gasteiger partial charge in [-0.2, -0.15) is 5.10 Å². The molecule has 0 unspecified atom stereocenters. The number of hydrogen-bond donors (Lipinski definition) is 0. The van der Waals surface area contributed by atoms with E-state index >= 15 is 0 Å². The van der Waals surface area contributed by atoms with Crippen LogP contribution in [0.5, 0.6) is 5.75 Å². The Balaban J connectivity index is 1.80. The normalized spacial score (nSPS) is 13.5. The Labute approximate surface area is 145 Å². The lowest BCUT2D eigenvalue weighted by atomic mass is 10.1. The Morgan fingerprint density at radius 2 is 2.20 bits per heavy atom. The third-order valence-electron chi connectivity index (χ3n) is 3.95. The average molecular weight is 364 g/mol. The van der Waals surface area contributed by atoms with Crippen LogP contribution in [0.2, 0.25) is 5.02 Å². The molecule has 1 aliphatic rings. The number of hydrogen-bond acceptors (Lipinski definition) is 5. The molecule has 0 bridgehead atoms. The van der Waals surface area contributed by atoms with Gasteiger partial charge < -0.3 is 9.47 Å². The van der Waals surface area contributed by atoms with E-state index in [9.17, 15) is 14.5 Å². The van der Waals surface area contributed by atoms with Crippen molar-refractivity contribution in [2.24, 2.45) is 0 Å². The molecule has 0 N–H and O–H groups in total. The fourth-order valence-electron chi connectivity index (χ4n) is 2.93. The monoisotopic (exact) mass is 363 g/mol. The molecule has 25 heavy (non-hydrogen) atoms. The molecule has 0 saturated carbocycles. The van der Waals surface area contributed by atoms with E-state index in [-0.39, 0.29) is 30.7 Å². The lowest BCUT2D eigenvalue weighted by molar-refractivity contribution is -0.384. The third kappa shape index (κ3) is 2.79. The fraction of sp³-hybridized carbons (Fsp3) is 0.188. The number of nitro groups is 1. The van der Waals surface area contributed by atoms with Crippen LogP contribution >= 0.6 is 11.6 Å². The Hall–Kier alpha value is -2.71. The van der Waals surface area contributed by atoms with Crippen LogP contribution in [0.1, 0.15) is 11.1 Å². The smallest absolute Gasteiger partial charge is 0.271 e. The van der Waals surface area contributed by atoms with Crippen LogP contribution in [-0.2, 0) is 17.9 Å². The lowest BCUT2D eigenvalue weighted by Crippen LogP contribution is -2.15. The van der Waals surface area contributed by atoms with E-state index in [0.717, 1.165) is 0 Å². The molecule has 2 aromatic carbocycles. The van der Waals surface area contributed by atoms with Crippen LogP contribution in [0.4, 0.5) is 10.1 Å². The van der Waals surface area contributed by atoms with E-state index in [1.807, 2.05) is 0 Å². The number of fused-ring (bicyclic) bond motifs is 2. The molecule has 3 aromatic rings. The molecule has 1 aliphatic heterocycles.